The highest BCUT2D eigenvalue weighted by Gasteiger charge is 2.23. The molecule has 1 amide bonds. The largest absolute Gasteiger partial charge is 0.470 e. The summed E-state index contributed by atoms with van der Waals surface area (Å²) >= 11 is 12.0. The molecule has 3 aromatic rings. The van der Waals surface area contributed by atoms with Crippen LogP contribution in [0.2, 0.25) is 10.0 Å². The summed E-state index contributed by atoms with van der Waals surface area (Å²) in [4.78, 5) is 21.1. The Morgan fingerprint density at radius 3 is 2.67 bits per heavy atom. The van der Waals surface area contributed by atoms with E-state index in [-0.39, 0.29) is 12.6 Å². The van der Waals surface area contributed by atoms with E-state index < -0.39 is 0 Å². The molecule has 0 aliphatic carbocycles. The highest BCUT2D eigenvalue weighted by Crippen LogP contribution is 2.27. The molecular formula is C21H21Cl2N5O2. The Morgan fingerprint density at radius 2 is 1.93 bits per heavy atom. The van der Waals surface area contributed by atoms with Crippen molar-refractivity contribution in [3.8, 4) is 5.75 Å². The van der Waals surface area contributed by atoms with Crippen LogP contribution in [0.5, 0.6) is 5.75 Å². The molecule has 0 unspecified atom stereocenters. The number of hydrogen-bond donors (Lipinski definition) is 0. The topological polar surface area (TPSA) is 63.5 Å². The van der Waals surface area contributed by atoms with Crippen LogP contribution in [0.4, 0.5) is 0 Å². The lowest BCUT2D eigenvalue weighted by Crippen LogP contribution is -2.48. The molecule has 9 heteroatoms. The molecule has 4 rings (SSSR count). The van der Waals surface area contributed by atoms with Crippen molar-refractivity contribution in [2.45, 2.75) is 13.3 Å². The van der Waals surface area contributed by atoms with Gasteiger partial charge in [-0.1, -0.05) is 29.3 Å². The minimum absolute atomic E-state index is 0.0701. The summed E-state index contributed by atoms with van der Waals surface area (Å²) in [6, 6.07) is 10.7. The first-order valence-corrected chi connectivity index (χ1v) is 10.4. The summed E-state index contributed by atoms with van der Waals surface area (Å²) in [5.74, 6) is 0.438. The van der Waals surface area contributed by atoms with E-state index >= 15 is 0 Å². The maximum Gasteiger partial charge on any atom is 0.274 e. The van der Waals surface area contributed by atoms with Gasteiger partial charge in [0.25, 0.3) is 5.91 Å². The van der Waals surface area contributed by atoms with Gasteiger partial charge in [0, 0.05) is 56.3 Å². The Labute approximate surface area is 184 Å². The van der Waals surface area contributed by atoms with Crippen molar-refractivity contribution in [3.05, 3.63) is 76.3 Å². The van der Waals surface area contributed by atoms with Crippen molar-refractivity contribution in [2.75, 3.05) is 26.2 Å². The minimum atomic E-state index is -0.0701. The van der Waals surface area contributed by atoms with Gasteiger partial charge in [-0.3, -0.25) is 14.7 Å². The first-order chi connectivity index (χ1) is 14.6. The Bertz CT molecular complexity index is 1000. The molecule has 156 valence electrons. The standard InChI is InChI=1S/C21H21Cl2N5O2/c22-17-3-4-20(18(23)12-17)30-15-28-7-5-19(25-28)21(29)27-10-8-26(9-11-27)14-16-2-1-6-24-13-16/h1-7,12-13H,8-11,14-15H2. The van der Waals surface area contributed by atoms with Gasteiger partial charge in [0.1, 0.15) is 5.75 Å². The lowest BCUT2D eigenvalue weighted by molar-refractivity contribution is 0.0620. The second-order valence-corrected chi connectivity index (χ2v) is 7.86. The van der Waals surface area contributed by atoms with Crippen molar-refractivity contribution in [1.29, 1.82) is 0 Å². The molecule has 0 spiro atoms. The molecule has 0 radical (unpaired) electrons. The lowest BCUT2D eigenvalue weighted by Gasteiger charge is -2.34. The van der Waals surface area contributed by atoms with Crippen LogP contribution < -0.4 is 4.74 Å². The number of carbonyl (C=O) groups is 1. The number of benzene rings is 1. The third-order valence-corrected chi connectivity index (χ3v) is 5.42. The van der Waals surface area contributed by atoms with Gasteiger partial charge in [-0.05, 0) is 35.9 Å². The average molecular weight is 446 g/mol. The quantitative estimate of drug-likeness (QED) is 0.579. The molecule has 30 heavy (non-hydrogen) atoms. The van der Waals surface area contributed by atoms with E-state index in [4.69, 9.17) is 27.9 Å². The summed E-state index contributed by atoms with van der Waals surface area (Å²) in [5, 5.41) is 5.31. The van der Waals surface area contributed by atoms with E-state index in [2.05, 4.69) is 21.0 Å². The fourth-order valence-electron chi connectivity index (χ4n) is 3.30. The zero-order valence-electron chi connectivity index (χ0n) is 16.2. The second-order valence-electron chi connectivity index (χ2n) is 7.02. The molecular weight excluding hydrogens is 425 g/mol. The molecule has 1 aromatic carbocycles. The molecule has 2 aromatic heterocycles. The Balaban J connectivity index is 1.29. The van der Waals surface area contributed by atoms with Crippen molar-refractivity contribution in [1.82, 2.24) is 24.6 Å². The van der Waals surface area contributed by atoms with Gasteiger partial charge >= 0.3 is 0 Å². The zero-order valence-corrected chi connectivity index (χ0v) is 17.8. The molecule has 0 N–H and O–H groups in total. The van der Waals surface area contributed by atoms with Crippen LogP contribution in [-0.2, 0) is 13.3 Å². The summed E-state index contributed by atoms with van der Waals surface area (Å²) in [6.07, 6.45) is 5.37. The Morgan fingerprint density at radius 1 is 1.10 bits per heavy atom. The first kappa shape index (κ1) is 20.7. The number of hydrogen-bond acceptors (Lipinski definition) is 5. The second kappa shape index (κ2) is 9.47. The third kappa shape index (κ3) is 5.11. The van der Waals surface area contributed by atoms with Crippen LogP contribution in [-0.4, -0.2) is 56.7 Å². The fraction of sp³-hybridized carbons (Fsp3) is 0.286. The SMILES string of the molecule is O=C(c1ccn(COc2ccc(Cl)cc2Cl)n1)N1CCN(Cc2cccnc2)CC1. The number of aromatic nitrogens is 3. The van der Waals surface area contributed by atoms with Crippen molar-refractivity contribution in [3.63, 3.8) is 0 Å². The molecule has 0 saturated carbocycles. The number of carbonyl (C=O) groups excluding carboxylic acids is 1. The maximum absolute atomic E-state index is 12.8. The monoisotopic (exact) mass is 445 g/mol. The van der Waals surface area contributed by atoms with Crippen molar-refractivity contribution in [2.24, 2.45) is 0 Å². The highest BCUT2D eigenvalue weighted by molar-refractivity contribution is 6.35. The molecule has 1 saturated heterocycles. The van der Waals surface area contributed by atoms with Crippen LogP contribution in [0.15, 0.2) is 55.0 Å². The molecule has 1 aliphatic heterocycles. The van der Waals surface area contributed by atoms with E-state index in [1.165, 1.54) is 5.56 Å². The summed E-state index contributed by atoms with van der Waals surface area (Å²) in [7, 11) is 0. The number of piperazine rings is 1. The van der Waals surface area contributed by atoms with Gasteiger partial charge in [0.15, 0.2) is 12.4 Å². The van der Waals surface area contributed by atoms with Crippen LogP contribution in [0, 0.1) is 0 Å². The van der Waals surface area contributed by atoms with E-state index in [1.807, 2.05) is 17.2 Å². The molecule has 3 heterocycles. The summed E-state index contributed by atoms with van der Waals surface area (Å²) in [6.45, 7) is 3.97. The normalized spacial score (nSPS) is 14.7. The fourth-order valence-corrected chi connectivity index (χ4v) is 3.76. The van der Waals surface area contributed by atoms with Gasteiger partial charge in [-0.2, -0.15) is 5.10 Å². The van der Waals surface area contributed by atoms with E-state index in [0.717, 1.165) is 19.6 Å². The first-order valence-electron chi connectivity index (χ1n) is 9.60. The molecule has 0 atom stereocenters. The molecule has 0 bridgehead atoms. The van der Waals surface area contributed by atoms with Crippen LogP contribution >= 0.6 is 23.2 Å². The Hall–Kier alpha value is -2.61. The van der Waals surface area contributed by atoms with Crippen LogP contribution in [0.25, 0.3) is 0 Å². The Kier molecular flexibility index (Phi) is 6.52. The van der Waals surface area contributed by atoms with Gasteiger partial charge < -0.3 is 9.64 Å². The number of ether oxygens (including phenoxy) is 1. The van der Waals surface area contributed by atoms with Gasteiger partial charge in [0.2, 0.25) is 0 Å². The zero-order chi connectivity index (χ0) is 20.9. The van der Waals surface area contributed by atoms with Crippen molar-refractivity contribution < 1.29 is 9.53 Å². The number of halogens is 2. The summed E-state index contributed by atoms with van der Waals surface area (Å²) < 4.78 is 7.23. The predicted molar refractivity (Wildman–Crippen MR) is 115 cm³/mol. The third-order valence-electron chi connectivity index (χ3n) is 4.89. The number of rotatable bonds is 6. The van der Waals surface area contributed by atoms with E-state index in [9.17, 15) is 4.79 Å². The molecule has 1 aliphatic rings. The smallest absolute Gasteiger partial charge is 0.274 e. The van der Waals surface area contributed by atoms with Crippen LogP contribution in [0.3, 0.4) is 0 Å². The van der Waals surface area contributed by atoms with Crippen molar-refractivity contribution >= 4 is 29.1 Å². The highest BCUT2D eigenvalue weighted by atomic mass is 35.5. The number of pyridine rings is 1. The summed E-state index contributed by atoms with van der Waals surface area (Å²) in [5.41, 5.74) is 1.58. The number of amides is 1. The molecule has 7 nitrogen and oxygen atoms in total. The van der Waals surface area contributed by atoms with E-state index in [0.29, 0.717) is 34.6 Å². The van der Waals surface area contributed by atoms with Gasteiger partial charge in [0.05, 0.1) is 5.02 Å². The lowest BCUT2D eigenvalue weighted by atomic mass is 10.2. The van der Waals surface area contributed by atoms with Gasteiger partial charge in [-0.25, -0.2) is 4.68 Å². The number of nitrogens with zero attached hydrogens (tertiary/aromatic N) is 5. The van der Waals surface area contributed by atoms with Gasteiger partial charge in [-0.15, -0.1) is 0 Å². The van der Waals surface area contributed by atoms with E-state index in [1.54, 1.807) is 41.3 Å². The predicted octanol–water partition coefficient (Wildman–Crippen LogP) is 3.58. The van der Waals surface area contributed by atoms with Crippen LogP contribution in [0.1, 0.15) is 16.1 Å². The maximum atomic E-state index is 12.8. The average Bonchev–Trinajstić information content (AvgIpc) is 3.23. The minimum Gasteiger partial charge on any atom is -0.470 e. The molecule has 1 fully saturated rings.